The summed E-state index contributed by atoms with van der Waals surface area (Å²) in [6.45, 7) is 1.99. The molecule has 1 saturated heterocycles. The average Bonchev–Trinajstić information content (AvgIpc) is 2.62. The smallest absolute Gasteiger partial charge is 0.305 e. The summed E-state index contributed by atoms with van der Waals surface area (Å²) in [6, 6.07) is 7.66. The lowest BCUT2D eigenvalue weighted by Gasteiger charge is -2.37. The van der Waals surface area contributed by atoms with Crippen LogP contribution in [0, 0.1) is 0 Å². The average molecular weight is 333 g/mol. The summed E-state index contributed by atoms with van der Waals surface area (Å²) in [5, 5.41) is 9.03. The number of benzene rings is 1. The van der Waals surface area contributed by atoms with Crippen molar-refractivity contribution < 1.29 is 24.2 Å². The van der Waals surface area contributed by atoms with Gasteiger partial charge in [-0.05, 0) is 25.3 Å². The van der Waals surface area contributed by atoms with Crippen molar-refractivity contribution in [1.82, 2.24) is 4.90 Å². The molecule has 0 aromatic heterocycles. The van der Waals surface area contributed by atoms with Crippen LogP contribution in [0.15, 0.2) is 24.3 Å². The van der Waals surface area contributed by atoms with Gasteiger partial charge >= 0.3 is 5.97 Å². The Morgan fingerprint density at radius 1 is 1.12 bits per heavy atom. The van der Waals surface area contributed by atoms with Crippen molar-refractivity contribution in [2.24, 2.45) is 0 Å². The van der Waals surface area contributed by atoms with E-state index in [9.17, 15) is 9.59 Å². The summed E-state index contributed by atoms with van der Waals surface area (Å²) in [4.78, 5) is 26.0. The maximum absolute atomic E-state index is 13.2. The van der Waals surface area contributed by atoms with E-state index in [1.807, 2.05) is 24.3 Å². The van der Waals surface area contributed by atoms with Gasteiger partial charge in [-0.2, -0.15) is 0 Å². The van der Waals surface area contributed by atoms with Crippen LogP contribution in [0.4, 0.5) is 0 Å². The number of carboxylic acids is 1. The Kier molecular flexibility index (Phi) is 5.35. The zero-order valence-corrected chi connectivity index (χ0v) is 13.6. The molecular weight excluding hydrogens is 310 g/mol. The maximum atomic E-state index is 13.2. The van der Waals surface area contributed by atoms with Gasteiger partial charge in [0.2, 0.25) is 5.91 Å². The molecule has 1 aromatic carbocycles. The first-order valence-corrected chi connectivity index (χ1v) is 8.48. The van der Waals surface area contributed by atoms with Crippen LogP contribution in [0.2, 0.25) is 0 Å². The minimum atomic E-state index is -0.882. The van der Waals surface area contributed by atoms with E-state index in [-0.39, 0.29) is 30.8 Å². The van der Waals surface area contributed by atoms with Crippen LogP contribution < -0.4 is 4.74 Å². The standard InChI is InChI=1S/C18H23NO5/c20-17(21)5-9-19(13-6-10-23-11-7-13)18(22)15-8-12-24-16-4-2-1-3-14(15)16/h1-4,13,15H,5-12H2,(H,20,21)/t15-/m0/s1. The van der Waals surface area contributed by atoms with Gasteiger partial charge in [0.05, 0.1) is 18.9 Å². The number of rotatable bonds is 5. The number of hydrogen-bond acceptors (Lipinski definition) is 4. The van der Waals surface area contributed by atoms with Crippen molar-refractivity contribution in [1.29, 1.82) is 0 Å². The molecule has 1 N–H and O–H groups in total. The number of para-hydroxylation sites is 1. The highest BCUT2D eigenvalue weighted by Crippen LogP contribution is 2.35. The molecule has 3 rings (SSSR count). The molecule has 0 bridgehead atoms. The molecule has 2 aliphatic heterocycles. The second-order valence-electron chi connectivity index (χ2n) is 6.25. The van der Waals surface area contributed by atoms with Crippen molar-refractivity contribution in [3.63, 3.8) is 0 Å². The molecule has 24 heavy (non-hydrogen) atoms. The first-order chi connectivity index (χ1) is 11.7. The molecule has 0 spiro atoms. The molecule has 2 heterocycles. The Labute approximate surface area is 141 Å². The van der Waals surface area contributed by atoms with Crippen LogP contribution in [0.3, 0.4) is 0 Å². The minimum Gasteiger partial charge on any atom is -0.493 e. The summed E-state index contributed by atoms with van der Waals surface area (Å²) in [6.07, 6.45) is 2.11. The molecule has 6 heteroatoms. The normalized spacial score (nSPS) is 20.8. The highest BCUT2D eigenvalue weighted by atomic mass is 16.5. The first kappa shape index (κ1) is 16.8. The van der Waals surface area contributed by atoms with Gasteiger partial charge in [-0.3, -0.25) is 9.59 Å². The van der Waals surface area contributed by atoms with E-state index in [4.69, 9.17) is 14.6 Å². The summed E-state index contributed by atoms with van der Waals surface area (Å²) in [7, 11) is 0. The molecular formula is C18H23NO5. The monoisotopic (exact) mass is 333 g/mol. The lowest BCUT2D eigenvalue weighted by Crippen LogP contribution is -2.47. The van der Waals surface area contributed by atoms with Crippen molar-refractivity contribution >= 4 is 11.9 Å². The van der Waals surface area contributed by atoms with Gasteiger partial charge < -0.3 is 19.5 Å². The van der Waals surface area contributed by atoms with E-state index in [1.165, 1.54) is 0 Å². The largest absolute Gasteiger partial charge is 0.493 e. The van der Waals surface area contributed by atoms with E-state index in [1.54, 1.807) is 4.90 Å². The zero-order valence-electron chi connectivity index (χ0n) is 13.6. The Balaban J connectivity index is 1.81. The molecule has 1 fully saturated rings. The second-order valence-corrected chi connectivity index (χ2v) is 6.25. The summed E-state index contributed by atoms with van der Waals surface area (Å²) in [5.41, 5.74) is 0.904. The molecule has 130 valence electrons. The fraction of sp³-hybridized carbons (Fsp3) is 0.556. The SMILES string of the molecule is O=C(O)CCN(C(=O)[C@H]1CCOc2ccccc21)C1CCOCC1. The topological polar surface area (TPSA) is 76.1 Å². The first-order valence-electron chi connectivity index (χ1n) is 8.48. The Hall–Kier alpha value is -2.08. The van der Waals surface area contributed by atoms with Crippen molar-refractivity contribution in [3.05, 3.63) is 29.8 Å². The third-order valence-electron chi connectivity index (χ3n) is 4.74. The zero-order chi connectivity index (χ0) is 16.9. The number of amides is 1. The highest BCUT2D eigenvalue weighted by molar-refractivity contribution is 5.85. The third kappa shape index (κ3) is 3.70. The number of nitrogens with zero attached hydrogens (tertiary/aromatic N) is 1. The molecule has 1 aromatic rings. The number of carboxylic acid groups (broad SMARTS) is 1. The quantitative estimate of drug-likeness (QED) is 0.892. The predicted octanol–water partition coefficient (Wildman–Crippen LogP) is 2.04. The van der Waals surface area contributed by atoms with Crippen molar-refractivity contribution in [3.8, 4) is 5.75 Å². The van der Waals surface area contributed by atoms with Crippen molar-refractivity contribution in [2.75, 3.05) is 26.4 Å². The second kappa shape index (κ2) is 7.66. The molecule has 0 aliphatic carbocycles. The number of ether oxygens (including phenoxy) is 2. The Morgan fingerprint density at radius 2 is 1.88 bits per heavy atom. The van der Waals surface area contributed by atoms with E-state index in [0.717, 1.165) is 24.2 Å². The summed E-state index contributed by atoms with van der Waals surface area (Å²) < 4.78 is 11.0. The fourth-order valence-electron chi connectivity index (χ4n) is 3.48. The van der Waals surface area contributed by atoms with Gasteiger partial charge in [-0.15, -0.1) is 0 Å². The van der Waals surface area contributed by atoms with Crippen LogP contribution in [0.25, 0.3) is 0 Å². The lowest BCUT2D eigenvalue weighted by atomic mass is 9.90. The molecule has 6 nitrogen and oxygen atoms in total. The molecule has 1 atom stereocenters. The van der Waals surface area contributed by atoms with Gasteiger partial charge in [-0.25, -0.2) is 0 Å². The maximum Gasteiger partial charge on any atom is 0.305 e. The minimum absolute atomic E-state index is 0.0129. The molecule has 0 unspecified atom stereocenters. The Bertz CT molecular complexity index is 597. The van der Waals surface area contributed by atoms with Gasteiger partial charge in [0.25, 0.3) is 0 Å². The summed E-state index contributed by atoms with van der Waals surface area (Å²) >= 11 is 0. The lowest BCUT2D eigenvalue weighted by molar-refractivity contribution is -0.141. The molecule has 0 saturated carbocycles. The van der Waals surface area contributed by atoms with Gasteiger partial charge in [0, 0.05) is 31.4 Å². The number of fused-ring (bicyclic) bond motifs is 1. The van der Waals surface area contributed by atoms with Crippen LogP contribution in [0.1, 0.15) is 37.2 Å². The number of hydrogen-bond donors (Lipinski definition) is 1. The Morgan fingerprint density at radius 3 is 2.62 bits per heavy atom. The fourth-order valence-corrected chi connectivity index (χ4v) is 3.48. The number of aliphatic carboxylic acids is 1. The number of carbonyl (C=O) groups excluding carboxylic acids is 1. The molecule has 0 radical (unpaired) electrons. The third-order valence-corrected chi connectivity index (χ3v) is 4.74. The van der Waals surface area contributed by atoms with Crippen molar-refractivity contribution in [2.45, 2.75) is 37.6 Å². The number of carbonyl (C=O) groups is 2. The van der Waals surface area contributed by atoms with Gasteiger partial charge in [-0.1, -0.05) is 18.2 Å². The van der Waals surface area contributed by atoms with Gasteiger partial charge in [0.1, 0.15) is 5.75 Å². The van der Waals surface area contributed by atoms with Crippen LogP contribution in [0.5, 0.6) is 5.75 Å². The predicted molar refractivity (Wildman–Crippen MR) is 87.1 cm³/mol. The molecule has 2 aliphatic rings. The van der Waals surface area contributed by atoms with Gasteiger partial charge in [0.15, 0.2) is 0 Å². The van der Waals surface area contributed by atoms with Crippen LogP contribution in [-0.4, -0.2) is 54.3 Å². The van der Waals surface area contributed by atoms with E-state index in [2.05, 4.69) is 0 Å². The van der Waals surface area contributed by atoms with Crippen LogP contribution >= 0.6 is 0 Å². The highest BCUT2D eigenvalue weighted by Gasteiger charge is 2.34. The molecule has 1 amide bonds. The van der Waals surface area contributed by atoms with Crippen LogP contribution in [-0.2, 0) is 14.3 Å². The summed E-state index contributed by atoms with van der Waals surface area (Å²) in [5.74, 6) is -0.370. The van der Waals surface area contributed by atoms with E-state index >= 15 is 0 Å². The van der Waals surface area contributed by atoms with E-state index in [0.29, 0.717) is 26.2 Å². The van der Waals surface area contributed by atoms with E-state index < -0.39 is 5.97 Å².